The van der Waals surface area contributed by atoms with Crippen LogP contribution in [0.2, 0.25) is 0 Å². The van der Waals surface area contributed by atoms with Gasteiger partial charge in [-0.2, -0.15) is 0 Å². The van der Waals surface area contributed by atoms with Crippen LogP contribution in [0.5, 0.6) is 0 Å². The van der Waals surface area contributed by atoms with Crippen molar-refractivity contribution < 1.29 is 4.79 Å². The number of nitrogens with zero attached hydrogens (tertiary/aromatic N) is 2. The molecule has 2 amide bonds. The van der Waals surface area contributed by atoms with Gasteiger partial charge in [0.2, 0.25) is 0 Å². The van der Waals surface area contributed by atoms with Crippen LogP contribution in [0.4, 0.5) is 4.79 Å². The van der Waals surface area contributed by atoms with Crippen LogP contribution in [0.1, 0.15) is 37.7 Å². The van der Waals surface area contributed by atoms with E-state index >= 15 is 0 Å². The Labute approximate surface area is 155 Å². The van der Waals surface area contributed by atoms with Gasteiger partial charge in [-0.25, -0.2) is 4.79 Å². The molecule has 0 aromatic carbocycles. The molecule has 3 atom stereocenters. The Morgan fingerprint density at radius 2 is 2.12 bits per heavy atom. The van der Waals surface area contributed by atoms with Gasteiger partial charge in [0.25, 0.3) is 0 Å². The summed E-state index contributed by atoms with van der Waals surface area (Å²) in [4.78, 5) is 19.1. The van der Waals surface area contributed by atoms with Gasteiger partial charge in [-0.15, -0.1) is 0 Å². The molecular formula is C19H30N6O. The molecule has 7 nitrogen and oxygen atoms in total. The van der Waals surface area contributed by atoms with Crippen LogP contribution in [0.3, 0.4) is 0 Å². The van der Waals surface area contributed by atoms with Crippen LogP contribution in [0, 0.1) is 5.92 Å². The molecule has 0 radical (unpaired) electrons. The van der Waals surface area contributed by atoms with Gasteiger partial charge in [0.05, 0.1) is 0 Å². The van der Waals surface area contributed by atoms with E-state index in [1.807, 2.05) is 18.5 Å². The predicted octanol–water partition coefficient (Wildman–Crippen LogP) is 0.990. The van der Waals surface area contributed by atoms with E-state index in [9.17, 15) is 4.79 Å². The number of amides is 2. The molecule has 142 valence electrons. The van der Waals surface area contributed by atoms with Crippen molar-refractivity contribution in [1.82, 2.24) is 31.4 Å². The Bertz CT molecular complexity index is 589. The molecule has 1 saturated carbocycles. The Kier molecular flexibility index (Phi) is 5.67. The van der Waals surface area contributed by atoms with Crippen molar-refractivity contribution in [1.29, 1.82) is 0 Å². The van der Waals surface area contributed by atoms with E-state index in [0.717, 1.165) is 45.4 Å². The van der Waals surface area contributed by atoms with Crippen molar-refractivity contribution in [2.24, 2.45) is 5.92 Å². The number of fused-ring (bicyclic) bond motifs is 1. The number of nitrogens with one attached hydrogen (secondary N) is 4. The van der Waals surface area contributed by atoms with Gasteiger partial charge in [-0.3, -0.25) is 20.7 Å². The monoisotopic (exact) mass is 358 g/mol. The van der Waals surface area contributed by atoms with Crippen LogP contribution in [0.15, 0.2) is 24.5 Å². The smallest absolute Gasteiger partial charge is 0.315 e. The summed E-state index contributed by atoms with van der Waals surface area (Å²) in [5.74, 6) is 0.510. The van der Waals surface area contributed by atoms with E-state index < -0.39 is 0 Å². The molecule has 3 aliphatic rings. The Hall–Kier alpha value is -1.70. The quantitative estimate of drug-likeness (QED) is 0.645. The lowest BCUT2D eigenvalue weighted by molar-refractivity contribution is 0.181. The maximum Gasteiger partial charge on any atom is 0.315 e. The van der Waals surface area contributed by atoms with Crippen LogP contribution in [0.25, 0.3) is 0 Å². The number of piperidine rings is 1. The Morgan fingerprint density at radius 3 is 2.92 bits per heavy atom. The molecule has 3 fully saturated rings. The molecule has 3 heterocycles. The van der Waals surface area contributed by atoms with Gasteiger partial charge in [-0.1, -0.05) is 6.07 Å². The minimum absolute atomic E-state index is 0.00765. The number of hydrazine groups is 1. The molecule has 0 spiro atoms. The summed E-state index contributed by atoms with van der Waals surface area (Å²) in [5, 5.41) is 6.44. The highest BCUT2D eigenvalue weighted by molar-refractivity contribution is 5.74. The predicted molar refractivity (Wildman–Crippen MR) is 100 cm³/mol. The summed E-state index contributed by atoms with van der Waals surface area (Å²) >= 11 is 0. The molecule has 4 rings (SSSR count). The van der Waals surface area contributed by atoms with E-state index in [1.165, 1.54) is 18.4 Å². The third-order valence-corrected chi connectivity index (χ3v) is 6.06. The molecule has 7 heteroatoms. The lowest BCUT2D eigenvalue weighted by Crippen LogP contribution is -2.54. The zero-order valence-corrected chi connectivity index (χ0v) is 15.3. The average molecular weight is 358 g/mol. The van der Waals surface area contributed by atoms with E-state index in [2.05, 4.69) is 37.4 Å². The fourth-order valence-electron chi connectivity index (χ4n) is 4.60. The first kappa shape index (κ1) is 17.7. The Morgan fingerprint density at radius 1 is 1.23 bits per heavy atom. The van der Waals surface area contributed by atoms with Crippen LogP contribution >= 0.6 is 0 Å². The second-order valence-corrected chi connectivity index (χ2v) is 7.86. The van der Waals surface area contributed by atoms with Gasteiger partial charge >= 0.3 is 6.03 Å². The van der Waals surface area contributed by atoms with Gasteiger partial charge in [-0.05, 0) is 43.7 Å². The van der Waals surface area contributed by atoms with E-state index in [0.29, 0.717) is 12.0 Å². The molecule has 26 heavy (non-hydrogen) atoms. The summed E-state index contributed by atoms with van der Waals surface area (Å²) < 4.78 is 0. The van der Waals surface area contributed by atoms with E-state index in [1.54, 1.807) is 0 Å². The summed E-state index contributed by atoms with van der Waals surface area (Å²) in [6.07, 6.45) is 9.22. The summed E-state index contributed by atoms with van der Waals surface area (Å²) in [7, 11) is 0. The van der Waals surface area contributed by atoms with Crippen molar-refractivity contribution >= 4 is 6.03 Å². The molecule has 2 saturated heterocycles. The highest BCUT2D eigenvalue weighted by Gasteiger charge is 2.37. The number of urea groups is 1. The van der Waals surface area contributed by atoms with Crippen molar-refractivity contribution in [3.8, 4) is 0 Å². The normalized spacial score (nSPS) is 29.9. The second kappa shape index (κ2) is 8.33. The largest absolute Gasteiger partial charge is 0.335 e. The van der Waals surface area contributed by atoms with E-state index in [4.69, 9.17) is 0 Å². The molecule has 1 aromatic heterocycles. The van der Waals surface area contributed by atoms with Crippen LogP contribution < -0.4 is 21.5 Å². The van der Waals surface area contributed by atoms with Gasteiger partial charge < -0.3 is 10.6 Å². The average Bonchev–Trinajstić information content (AvgIpc) is 3.14. The number of pyridine rings is 1. The zero-order chi connectivity index (χ0) is 17.8. The number of aromatic nitrogens is 1. The summed E-state index contributed by atoms with van der Waals surface area (Å²) in [6, 6.07) is 5.17. The first-order valence-electron chi connectivity index (χ1n) is 9.94. The minimum Gasteiger partial charge on any atom is -0.335 e. The molecule has 4 N–H and O–H groups in total. The molecule has 3 unspecified atom stereocenters. The molecule has 1 aromatic rings. The second-order valence-electron chi connectivity index (χ2n) is 7.86. The summed E-state index contributed by atoms with van der Waals surface area (Å²) in [6.45, 7) is 3.92. The zero-order valence-electron chi connectivity index (χ0n) is 15.3. The minimum atomic E-state index is 0.00765. The van der Waals surface area contributed by atoms with Crippen molar-refractivity contribution in [2.45, 2.75) is 56.8 Å². The van der Waals surface area contributed by atoms with Crippen molar-refractivity contribution in [3.05, 3.63) is 30.1 Å². The number of likely N-dealkylation sites (tertiary alicyclic amines) is 1. The highest BCUT2D eigenvalue weighted by atomic mass is 16.2. The first-order valence-corrected chi connectivity index (χ1v) is 9.94. The lowest BCUT2D eigenvalue weighted by atomic mass is 9.82. The third kappa shape index (κ3) is 4.34. The fraction of sp³-hybridized carbons (Fsp3) is 0.684. The molecule has 1 aliphatic carbocycles. The number of carbonyl (C=O) groups is 1. The SMILES string of the molecule is O=C(NC1CCN(Cc2cccnc2)CC1)NC1CCCC2NNCC21. The fourth-order valence-corrected chi connectivity index (χ4v) is 4.60. The molecule has 2 aliphatic heterocycles. The van der Waals surface area contributed by atoms with Crippen LogP contribution in [-0.4, -0.2) is 53.7 Å². The maximum absolute atomic E-state index is 12.5. The molecular weight excluding hydrogens is 328 g/mol. The number of rotatable bonds is 4. The van der Waals surface area contributed by atoms with Crippen LogP contribution in [-0.2, 0) is 6.54 Å². The van der Waals surface area contributed by atoms with Gasteiger partial charge in [0.1, 0.15) is 0 Å². The Balaban J connectivity index is 1.20. The van der Waals surface area contributed by atoms with Crippen molar-refractivity contribution in [3.63, 3.8) is 0 Å². The summed E-state index contributed by atoms with van der Waals surface area (Å²) in [5.41, 5.74) is 7.83. The number of carbonyl (C=O) groups excluding carboxylic acids is 1. The van der Waals surface area contributed by atoms with Gasteiger partial charge in [0.15, 0.2) is 0 Å². The lowest BCUT2D eigenvalue weighted by Gasteiger charge is -2.35. The first-order chi connectivity index (χ1) is 12.8. The standard InChI is InChI=1S/C19H30N6O/c26-19(23-17-4-1-5-18-16(17)12-21-24-18)22-15-6-9-25(10-7-15)13-14-3-2-8-20-11-14/h2-3,8,11,15-18,21,24H,1,4-7,9-10,12-13H2,(H2,22,23,26). The highest BCUT2D eigenvalue weighted by Crippen LogP contribution is 2.26. The topological polar surface area (TPSA) is 81.3 Å². The third-order valence-electron chi connectivity index (χ3n) is 6.06. The van der Waals surface area contributed by atoms with Gasteiger partial charge in [0, 0.05) is 62.6 Å². The maximum atomic E-state index is 12.5. The molecule has 0 bridgehead atoms. The number of hydrogen-bond acceptors (Lipinski definition) is 5. The number of hydrogen-bond donors (Lipinski definition) is 4. The van der Waals surface area contributed by atoms with Crippen molar-refractivity contribution in [2.75, 3.05) is 19.6 Å². The van der Waals surface area contributed by atoms with E-state index in [-0.39, 0.29) is 18.1 Å².